The van der Waals surface area contributed by atoms with Gasteiger partial charge in [0, 0.05) is 24.1 Å². The molecule has 19 heavy (non-hydrogen) atoms. The van der Waals surface area contributed by atoms with E-state index in [1.165, 1.54) is 0 Å². The number of ether oxygens (including phenoxy) is 1. The summed E-state index contributed by atoms with van der Waals surface area (Å²) in [6, 6.07) is 2.93. The van der Waals surface area contributed by atoms with Crippen LogP contribution in [0.4, 0.5) is 0 Å². The molecule has 5 nitrogen and oxygen atoms in total. The molecule has 106 valence electrons. The number of benzene rings is 1. The van der Waals surface area contributed by atoms with Gasteiger partial charge in [0.2, 0.25) is 10.0 Å². The van der Waals surface area contributed by atoms with Crippen LogP contribution in [0.25, 0.3) is 0 Å². The van der Waals surface area contributed by atoms with Crippen molar-refractivity contribution in [3.05, 3.63) is 23.3 Å². The highest BCUT2D eigenvalue weighted by atomic mass is 32.2. The Morgan fingerprint density at radius 2 is 2.11 bits per heavy atom. The minimum Gasteiger partial charge on any atom is -0.493 e. The van der Waals surface area contributed by atoms with Crippen LogP contribution < -0.4 is 15.2 Å². The fraction of sp³-hybridized carbons (Fsp3) is 0.538. The molecule has 0 aliphatic carbocycles. The molecule has 6 heteroatoms. The third-order valence-corrected chi connectivity index (χ3v) is 4.69. The zero-order valence-corrected chi connectivity index (χ0v) is 12.3. The number of rotatable bonds is 3. The summed E-state index contributed by atoms with van der Waals surface area (Å²) in [6.45, 7) is 5.99. The van der Waals surface area contributed by atoms with Crippen molar-refractivity contribution in [2.75, 3.05) is 6.61 Å². The molecule has 1 aliphatic rings. The van der Waals surface area contributed by atoms with Crippen LogP contribution in [0.2, 0.25) is 0 Å². The molecular weight excluding hydrogens is 264 g/mol. The molecule has 0 saturated heterocycles. The van der Waals surface area contributed by atoms with Gasteiger partial charge in [0.15, 0.2) is 0 Å². The zero-order chi connectivity index (χ0) is 14.2. The van der Waals surface area contributed by atoms with Crippen LogP contribution in [0.5, 0.6) is 5.75 Å². The second-order valence-electron chi connectivity index (χ2n) is 5.18. The molecule has 0 amide bonds. The molecule has 1 atom stereocenters. The number of hydrogen-bond acceptors (Lipinski definition) is 4. The Bertz CT molecular complexity index is 582. The van der Waals surface area contributed by atoms with Crippen LogP contribution in [0, 0.1) is 6.92 Å². The van der Waals surface area contributed by atoms with E-state index in [4.69, 9.17) is 10.5 Å². The van der Waals surface area contributed by atoms with E-state index in [-0.39, 0.29) is 17.0 Å². The minimum absolute atomic E-state index is 0.147. The molecular formula is C13H20N2O3S. The second-order valence-corrected chi connectivity index (χ2v) is 6.89. The predicted octanol–water partition coefficient (Wildman–Crippen LogP) is 1.46. The van der Waals surface area contributed by atoms with Gasteiger partial charge in [-0.05, 0) is 38.5 Å². The van der Waals surface area contributed by atoms with E-state index in [2.05, 4.69) is 4.72 Å². The molecule has 0 radical (unpaired) electrons. The van der Waals surface area contributed by atoms with Crippen LogP contribution in [0.15, 0.2) is 17.0 Å². The number of hydrogen-bond donors (Lipinski definition) is 2. The first-order valence-electron chi connectivity index (χ1n) is 6.36. The maximum atomic E-state index is 12.2. The molecule has 0 saturated carbocycles. The van der Waals surface area contributed by atoms with Crippen molar-refractivity contribution in [1.29, 1.82) is 0 Å². The fourth-order valence-corrected chi connectivity index (χ4v) is 3.59. The van der Waals surface area contributed by atoms with E-state index < -0.39 is 10.0 Å². The normalized spacial score (nSPS) is 19.1. The van der Waals surface area contributed by atoms with Crippen LogP contribution in [0.3, 0.4) is 0 Å². The summed E-state index contributed by atoms with van der Waals surface area (Å²) < 4.78 is 32.5. The molecule has 0 aromatic heterocycles. The SMILES string of the molecule is Cc1cc(S(=O)(=O)NC(C)C)cc2c1OCCC2N. The van der Waals surface area contributed by atoms with Crippen molar-refractivity contribution in [2.45, 2.75) is 44.2 Å². The molecule has 2 rings (SSSR count). The van der Waals surface area contributed by atoms with Gasteiger partial charge in [-0.25, -0.2) is 13.1 Å². The standard InChI is InChI=1S/C13H20N2O3S/c1-8(2)15-19(16,17)10-6-9(3)13-11(7-10)12(14)4-5-18-13/h6-8,12,15H,4-5,14H2,1-3H3. The first-order valence-corrected chi connectivity index (χ1v) is 7.85. The number of sulfonamides is 1. The monoisotopic (exact) mass is 284 g/mol. The Kier molecular flexibility index (Phi) is 3.85. The predicted molar refractivity (Wildman–Crippen MR) is 73.7 cm³/mol. The van der Waals surface area contributed by atoms with Crippen LogP contribution in [-0.4, -0.2) is 21.1 Å². The lowest BCUT2D eigenvalue weighted by Crippen LogP contribution is -2.31. The van der Waals surface area contributed by atoms with Gasteiger partial charge in [-0.3, -0.25) is 0 Å². The number of nitrogens with one attached hydrogen (secondary N) is 1. The highest BCUT2D eigenvalue weighted by Gasteiger charge is 2.24. The van der Waals surface area contributed by atoms with Crippen molar-refractivity contribution in [2.24, 2.45) is 5.73 Å². The van der Waals surface area contributed by atoms with Gasteiger partial charge < -0.3 is 10.5 Å². The maximum Gasteiger partial charge on any atom is 0.240 e. The molecule has 1 heterocycles. The lowest BCUT2D eigenvalue weighted by molar-refractivity contribution is 0.266. The van der Waals surface area contributed by atoms with Gasteiger partial charge in [-0.1, -0.05) is 0 Å². The van der Waals surface area contributed by atoms with E-state index in [1.807, 2.05) is 6.92 Å². The summed E-state index contributed by atoms with van der Waals surface area (Å²) in [4.78, 5) is 0.249. The van der Waals surface area contributed by atoms with E-state index in [0.29, 0.717) is 13.0 Å². The first-order chi connectivity index (χ1) is 8.81. The van der Waals surface area contributed by atoms with Crippen molar-refractivity contribution >= 4 is 10.0 Å². The summed E-state index contributed by atoms with van der Waals surface area (Å²) in [5.74, 6) is 0.724. The zero-order valence-electron chi connectivity index (χ0n) is 11.4. The third-order valence-electron chi connectivity index (χ3n) is 3.05. The molecule has 1 aromatic carbocycles. The molecule has 1 unspecified atom stereocenters. The summed E-state index contributed by atoms with van der Waals surface area (Å²) in [7, 11) is -3.50. The molecule has 0 fully saturated rings. The maximum absolute atomic E-state index is 12.2. The van der Waals surface area contributed by atoms with Gasteiger partial charge in [0.1, 0.15) is 5.75 Å². The lowest BCUT2D eigenvalue weighted by Gasteiger charge is -2.25. The van der Waals surface area contributed by atoms with Crippen molar-refractivity contribution < 1.29 is 13.2 Å². The van der Waals surface area contributed by atoms with Crippen molar-refractivity contribution in [3.8, 4) is 5.75 Å². The van der Waals surface area contributed by atoms with E-state index in [1.54, 1.807) is 26.0 Å². The molecule has 1 aromatic rings. The molecule has 3 N–H and O–H groups in total. The Balaban J connectivity index is 2.50. The van der Waals surface area contributed by atoms with Crippen LogP contribution in [-0.2, 0) is 10.0 Å². The number of aryl methyl sites for hydroxylation is 1. The lowest BCUT2D eigenvalue weighted by atomic mass is 9.99. The average molecular weight is 284 g/mol. The molecule has 1 aliphatic heterocycles. The Labute approximate surface area is 114 Å². The largest absolute Gasteiger partial charge is 0.493 e. The third kappa shape index (κ3) is 2.91. The van der Waals surface area contributed by atoms with Gasteiger partial charge in [0.25, 0.3) is 0 Å². The van der Waals surface area contributed by atoms with E-state index >= 15 is 0 Å². The summed E-state index contributed by atoms with van der Waals surface area (Å²) in [6.07, 6.45) is 0.702. The van der Waals surface area contributed by atoms with Gasteiger partial charge in [-0.2, -0.15) is 0 Å². The van der Waals surface area contributed by atoms with Gasteiger partial charge in [-0.15, -0.1) is 0 Å². The summed E-state index contributed by atoms with van der Waals surface area (Å²) >= 11 is 0. The summed E-state index contributed by atoms with van der Waals surface area (Å²) in [5, 5.41) is 0. The molecule has 0 spiro atoms. The Morgan fingerprint density at radius 3 is 2.74 bits per heavy atom. The highest BCUT2D eigenvalue weighted by Crippen LogP contribution is 2.35. The first kappa shape index (κ1) is 14.3. The van der Waals surface area contributed by atoms with Gasteiger partial charge >= 0.3 is 0 Å². The number of fused-ring (bicyclic) bond motifs is 1. The highest BCUT2D eigenvalue weighted by molar-refractivity contribution is 7.89. The van der Waals surface area contributed by atoms with E-state index in [9.17, 15) is 8.42 Å². The number of nitrogens with two attached hydrogens (primary N) is 1. The molecule has 0 bridgehead atoms. The topological polar surface area (TPSA) is 81.4 Å². The minimum atomic E-state index is -3.50. The summed E-state index contributed by atoms with van der Waals surface area (Å²) in [5.41, 5.74) is 7.61. The van der Waals surface area contributed by atoms with Crippen LogP contribution in [0.1, 0.15) is 37.4 Å². The quantitative estimate of drug-likeness (QED) is 0.880. The van der Waals surface area contributed by atoms with E-state index in [0.717, 1.165) is 16.9 Å². The Morgan fingerprint density at radius 1 is 1.42 bits per heavy atom. The van der Waals surface area contributed by atoms with Crippen molar-refractivity contribution in [1.82, 2.24) is 4.72 Å². The van der Waals surface area contributed by atoms with Gasteiger partial charge in [0.05, 0.1) is 11.5 Å². The average Bonchev–Trinajstić information content (AvgIpc) is 2.28. The Hall–Kier alpha value is -1.11. The fourth-order valence-electron chi connectivity index (χ4n) is 2.22. The smallest absolute Gasteiger partial charge is 0.240 e. The van der Waals surface area contributed by atoms with Crippen molar-refractivity contribution in [3.63, 3.8) is 0 Å². The second kappa shape index (κ2) is 5.11. The van der Waals surface area contributed by atoms with Crippen LogP contribution >= 0.6 is 0 Å².